The second-order valence-corrected chi connectivity index (χ2v) is 11.6. The smallest absolute Gasteiger partial charge is 0.326 e. The molecule has 1 aromatic rings. The van der Waals surface area contributed by atoms with Crippen molar-refractivity contribution < 1.29 is 48.9 Å². The van der Waals surface area contributed by atoms with E-state index in [-0.39, 0.29) is 43.9 Å². The quantitative estimate of drug-likeness (QED) is 0.0348. The number of nitrogens with two attached hydrogens (primary N) is 3. The van der Waals surface area contributed by atoms with E-state index in [2.05, 4.69) is 31.6 Å². The van der Waals surface area contributed by atoms with Gasteiger partial charge in [-0.1, -0.05) is 26.0 Å². The number of phenols is 1. The van der Waals surface area contributed by atoms with Gasteiger partial charge < -0.3 is 59.1 Å². The second-order valence-electron chi connectivity index (χ2n) is 11.6. The van der Waals surface area contributed by atoms with Crippen molar-refractivity contribution in [1.82, 2.24) is 26.6 Å². The SMILES string of the molecule is CC(C)[C@H](NC(=O)[C@H](CCCN=C(N)N)NC(=O)CNC(=O)[C@H](CCC(=O)O)NC(=O)[C@H](Cc1ccc(O)cc1)NC(=O)[C@H](C)N)C(=O)O. The topological polar surface area (TPSA) is 331 Å². The molecular formula is C30H47N9O10. The number of carboxylic acids is 2. The lowest BCUT2D eigenvalue weighted by molar-refractivity contribution is -0.143. The van der Waals surface area contributed by atoms with Gasteiger partial charge in [0, 0.05) is 19.4 Å². The van der Waals surface area contributed by atoms with Crippen molar-refractivity contribution in [2.45, 2.75) is 83.1 Å². The molecule has 0 saturated carbocycles. The van der Waals surface area contributed by atoms with Crippen molar-refractivity contribution in [3.8, 4) is 5.75 Å². The molecule has 0 heterocycles. The first-order valence-corrected chi connectivity index (χ1v) is 15.4. The molecule has 14 N–H and O–H groups in total. The van der Waals surface area contributed by atoms with Crippen molar-refractivity contribution in [2.24, 2.45) is 28.1 Å². The highest BCUT2D eigenvalue weighted by atomic mass is 16.4. The van der Waals surface area contributed by atoms with Crippen LogP contribution in [-0.2, 0) is 40.0 Å². The van der Waals surface area contributed by atoms with Crippen LogP contribution < -0.4 is 43.8 Å². The molecule has 19 nitrogen and oxygen atoms in total. The number of hydrogen-bond acceptors (Lipinski definition) is 10. The number of aliphatic imine (C=N–C) groups is 1. The van der Waals surface area contributed by atoms with E-state index in [1.165, 1.54) is 31.2 Å². The molecule has 1 rings (SSSR count). The third-order valence-corrected chi connectivity index (χ3v) is 6.95. The second kappa shape index (κ2) is 20.7. The lowest BCUT2D eigenvalue weighted by Crippen LogP contribution is -2.57. The summed E-state index contributed by atoms with van der Waals surface area (Å²) < 4.78 is 0. The number of rotatable bonds is 21. The van der Waals surface area contributed by atoms with E-state index < -0.39 is 90.6 Å². The summed E-state index contributed by atoms with van der Waals surface area (Å²) in [7, 11) is 0. The first-order chi connectivity index (χ1) is 22.9. The maximum atomic E-state index is 13.3. The fourth-order valence-electron chi connectivity index (χ4n) is 4.26. The highest BCUT2D eigenvalue weighted by Crippen LogP contribution is 2.12. The van der Waals surface area contributed by atoms with Gasteiger partial charge in [0.2, 0.25) is 29.5 Å². The normalized spacial score (nSPS) is 13.8. The molecular weight excluding hydrogens is 646 g/mol. The molecule has 0 fully saturated rings. The minimum absolute atomic E-state index is 0.000412. The molecule has 49 heavy (non-hydrogen) atoms. The number of aliphatic carboxylic acids is 2. The number of phenolic OH excluding ortho intramolecular Hbond substituents is 1. The Morgan fingerprint density at radius 1 is 0.776 bits per heavy atom. The molecule has 5 amide bonds. The van der Waals surface area contributed by atoms with Crippen molar-refractivity contribution >= 4 is 47.4 Å². The van der Waals surface area contributed by atoms with Gasteiger partial charge in [0.15, 0.2) is 5.96 Å². The van der Waals surface area contributed by atoms with Gasteiger partial charge in [-0.2, -0.15) is 0 Å². The van der Waals surface area contributed by atoms with Crippen molar-refractivity contribution in [3.05, 3.63) is 29.8 Å². The zero-order chi connectivity index (χ0) is 37.3. The molecule has 0 bridgehead atoms. The fraction of sp³-hybridized carbons (Fsp3) is 0.533. The molecule has 0 unspecified atom stereocenters. The number of hydrogen-bond donors (Lipinski definition) is 11. The van der Waals surface area contributed by atoms with Gasteiger partial charge in [-0.25, -0.2) is 4.79 Å². The molecule has 0 spiro atoms. The molecule has 272 valence electrons. The average molecular weight is 694 g/mol. The van der Waals surface area contributed by atoms with Crippen LogP contribution in [0.5, 0.6) is 5.75 Å². The van der Waals surface area contributed by atoms with Crippen LogP contribution in [0.15, 0.2) is 29.3 Å². The van der Waals surface area contributed by atoms with Gasteiger partial charge in [0.25, 0.3) is 0 Å². The van der Waals surface area contributed by atoms with Gasteiger partial charge in [-0.05, 0) is 49.8 Å². The van der Waals surface area contributed by atoms with E-state index in [1.807, 2.05) is 0 Å². The minimum Gasteiger partial charge on any atom is -0.508 e. The standard InChI is InChI=1S/C30H47N9O10/c1-15(2)24(29(48)49)39-27(46)19(5-4-12-34-30(32)33)36-22(41)14-35-26(45)20(10-11-23(42)43)37-28(47)21(38-25(44)16(3)31)13-17-6-8-18(40)9-7-17/h6-9,15-16,19-21,24,40H,4-5,10-14,31H2,1-3H3,(H,35,45)(H,36,41)(H,37,47)(H,38,44)(H,39,46)(H,42,43)(H,48,49)(H4,32,33,34)/t16-,19-,20-,21-,24-/m0/s1. The van der Waals surface area contributed by atoms with Gasteiger partial charge in [-0.3, -0.25) is 33.8 Å². The van der Waals surface area contributed by atoms with Crippen LogP contribution in [0.4, 0.5) is 0 Å². The third kappa shape index (κ3) is 16.3. The maximum absolute atomic E-state index is 13.3. The summed E-state index contributed by atoms with van der Waals surface area (Å²) >= 11 is 0. The van der Waals surface area contributed by atoms with Crippen LogP contribution >= 0.6 is 0 Å². The Bertz CT molecular complexity index is 1350. The Morgan fingerprint density at radius 3 is 1.88 bits per heavy atom. The largest absolute Gasteiger partial charge is 0.508 e. The fourth-order valence-corrected chi connectivity index (χ4v) is 4.26. The molecule has 0 aliphatic heterocycles. The minimum atomic E-state index is -1.47. The van der Waals surface area contributed by atoms with E-state index in [0.717, 1.165) is 0 Å². The summed E-state index contributed by atoms with van der Waals surface area (Å²) in [5, 5.41) is 40.2. The monoisotopic (exact) mass is 693 g/mol. The summed E-state index contributed by atoms with van der Waals surface area (Å²) in [6.45, 7) is 3.97. The number of carbonyl (C=O) groups is 7. The number of carboxylic acid groups (broad SMARTS) is 2. The number of nitrogens with one attached hydrogen (secondary N) is 5. The van der Waals surface area contributed by atoms with Gasteiger partial charge in [-0.15, -0.1) is 0 Å². The first kappa shape index (κ1) is 41.6. The molecule has 5 atom stereocenters. The van der Waals surface area contributed by atoms with Gasteiger partial charge >= 0.3 is 11.9 Å². The molecule has 0 aliphatic rings. The number of aromatic hydroxyl groups is 1. The Kier molecular flexibility index (Phi) is 17.6. The molecule has 19 heteroatoms. The highest BCUT2D eigenvalue weighted by molar-refractivity contribution is 5.95. The number of benzene rings is 1. The van der Waals surface area contributed by atoms with E-state index in [1.54, 1.807) is 13.8 Å². The zero-order valence-corrected chi connectivity index (χ0v) is 27.6. The molecule has 1 aromatic carbocycles. The van der Waals surface area contributed by atoms with Crippen LogP contribution in [0.25, 0.3) is 0 Å². The Balaban J connectivity index is 3.08. The van der Waals surface area contributed by atoms with Crippen LogP contribution in [0, 0.1) is 5.92 Å². The average Bonchev–Trinajstić information content (AvgIpc) is 3.01. The first-order valence-electron chi connectivity index (χ1n) is 15.4. The van der Waals surface area contributed by atoms with E-state index in [0.29, 0.717) is 5.56 Å². The van der Waals surface area contributed by atoms with E-state index in [4.69, 9.17) is 17.2 Å². The summed E-state index contributed by atoms with van der Waals surface area (Å²) in [5.74, 6) is -7.38. The van der Waals surface area contributed by atoms with Gasteiger partial charge in [0.05, 0.1) is 12.6 Å². The lowest BCUT2D eigenvalue weighted by atomic mass is 10.0. The third-order valence-electron chi connectivity index (χ3n) is 6.95. The van der Waals surface area contributed by atoms with Crippen molar-refractivity contribution in [3.63, 3.8) is 0 Å². The molecule has 0 saturated heterocycles. The molecule has 0 aliphatic carbocycles. The Morgan fingerprint density at radius 2 is 1.35 bits per heavy atom. The predicted octanol–water partition coefficient (Wildman–Crippen LogP) is -3.00. The number of guanidine groups is 1. The Labute approximate surface area is 282 Å². The number of carbonyl (C=O) groups excluding carboxylic acids is 5. The summed E-state index contributed by atoms with van der Waals surface area (Å²) in [4.78, 5) is 91.3. The highest BCUT2D eigenvalue weighted by Gasteiger charge is 2.30. The molecule has 0 radical (unpaired) electrons. The number of nitrogens with zero attached hydrogens (tertiary/aromatic N) is 1. The van der Waals surface area contributed by atoms with E-state index >= 15 is 0 Å². The van der Waals surface area contributed by atoms with Crippen molar-refractivity contribution in [2.75, 3.05) is 13.1 Å². The Hall–Kier alpha value is -5.46. The zero-order valence-electron chi connectivity index (χ0n) is 27.6. The summed E-state index contributed by atoms with van der Waals surface area (Å²) in [5.41, 5.74) is 16.8. The number of amides is 5. The van der Waals surface area contributed by atoms with E-state index in [9.17, 15) is 48.9 Å². The predicted molar refractivity (Wildman–Crippen MR) is 175 cm³/mol. The van der Waals surface area contributed by atoms with Crippen LogP contribution in [0.1, 0.15) is 52.0 Å². The molecule has 0 aromatic heterocycles. The maximum Gasteiger partial charge on any atom is 0.326 e. The lowest BCUT2D eigenvalue weighted by Gasteiger charge is -2.24. The summed E-state index contributed by atoms with van der Waals surface area (Å²) in [6.07, 6.45) is -0.788. The van der Waals surface area contributed by atoms with Crippen LogP contribution in [0.2, 0.25) is 0 Å². The van der Waals surface area contributed by atoms with Crippen molar-refractivity contribution in [1.29, 1.82) is 0 Å². The van der Waals surface area contributed by atoms with Gasteiger partial charge in [0.1, 0.15) is 29.9 Å². The van der Waals surface area contributed by atoms with Crippen LogP contribution in [0.3, 0.4) is 0 Å². The van der Waals surface area contributed by atoms with Crippen LogP contribution in [-0.4, -0.2) is 106 Å². The summed E-state index contributed by atoms with van der Waals surface area (Å²) in [6, 6.07) is -0.429.